The lowest BCUT2D eigenvalue weighted by atomic mass is 10.0. The number of rotatable bonds is 4. The number of aliphatic hydroxyl groups excluding tert-OH is 1. The van der Waals surface area contributed by atoms with Crippen molar-refractivity contribution in [3.63, 3.8) is 0 Å². The summed E-state index contributed by atoms with van der Waals surface area (Å²) < 4.78 is 9.54. The van der Waals surface area contributed by atoms with E-state index < -0.39 is 6.16 Å². The first-order chi connectivity index (χ1) is 12.0. The Morgan fingerprint density at radius 2 is 2.12 bits per heavy atom. The summed E-state index contributed by atoms with van der Waals surface area (Å²) in [7, 11) is 1.25. The van der Waals surface area contributed by atoms with Gasteiger partial charge in [0.05, 0.1) is 13.7 Å². The number of nitrogens with zero attached hydrogens (tertiary/aromatic N) is 1. The highest BCUT2D eigenvalue weighted by atomic mass is 35.5. The van der Waals surface area contributed by atoms with Gasteiger partial charge in [-0.05, 0) is 43.0 Å². The zero-order valence-corrected chi connectivity index (χ0v) is 16.1. The van der Waals surface area contributed by atoms with Crippen LogP contribution in [0.4, 0.5) is 4.79 Å². The normalized spacial score (nSPS) is 15.0. The molecule has 26 heavy (non-hydrogen) atoms. The number of nitrogens with one attached hydrogen (secondary N) is 1. The number of aryl methyl sites for hydroxylation is 2. The minimum atomic E-state index is -0.800. The third-order valence-corrected chi connectivity index (χ3v) is 4.63. The van der Waals surface area contributed by atoms with Crippen LogP contribution in [0, 0.1) is 13.8 Å². The molecule has 2 aromatic rings. The Morgan fingerprint density at radius 1 is 1.35 bits per heavy atom. The first-order valence-electron chi connectivity index (χ1n) is 8.44. The first kappa shape index (κ1) is 20.1. The molecule has 7 heteroatoms. The van der Waals surface area contributed by atoms with E-state index in [0.29, 0.717) is 13.0 Å². The van der Waals surface area contributed by atoms with Gasteiger partial charge in [0.25, 0.3) is 0 Å². The molecule has 1 aromatic carbocycles. The van der Waals surface area contributed by atoms with Crippen molar-refractivity contribution in [3.05, 3.63) is 46.5 Å². The van der Waals surface area contributed by atoms with Crippen LogP contribution < -0.4 is 0 Å². The van der Waals surface area contributed by atoms with Crippen molar-refractivity contribution in [2.75, 3.05) is 26.7 Å². The Labute approximate surface area is 159 Å². The van der Waals surface area contributed by atoms with Gasteiger partial charge in [0.15, 0.2) is 5.76 Å². The zero-order valence-electron chi connectivity index (χ0n) is 15.3. The van der Waals surface area contributed by atoms with Gasteiger partial charge in [-0.25, -0.2) is 4.79 Å². The summed E-state index contributed by atoms with van der Waals surface area (Å²) >= 11 is 0. The fourth-order valence-corrected chi connectivity index (χ4v) is 3.42. The highest BCUT2D eigenvalue weighted by Gasteiger charge is 2.22. The number of carbonyl (C=O) groups is 1. The van der Waals surface area contributed by atoms with Crippen LogP contribution in [0.15, 0.2) is 29.8 Å². The molecular weight excluding hydrogens is 356 g/mol. The summed E-state index contributed by atoms with van der Waals surface area (Å²) in [5.41, 5.74) is 4.97. The number of benzene rings is 1. The number of H-pyrrole nitrogens is 1. The highest BCUT2D eigenvalue weighted by molar-refractivity contribution is 5.87. The summed E-state index contributed by atoms with van der Waals surface area (Å²) in [5, 5.41) is 11.2. The zero-order chi connectivity index (χ0) is 18.0. The maximum Gasteiger partial charge on any atom is 0.513 e. The monoisotopic (exact) mass is 380 g/mol. The summed E-state index contributed by atoms with van der Waals surface area (Å²) in [6, 6.07) is 4.36. The van der Waals surface area contributed by atoms with Gasteiger partial charge in [-0.3, -0.25) is 4.90 Å². The lowest BCUT2D eigenvalue weighted by Gasteiger charge is -2.27. The predicted molar refractivity (Wildman–Crippen MR) is 103 cm³/mol. The standard InChI is InChI=1S/C19H24N2O4.ClH/c1-12-8-13(2)18-14(10-20-15(18)9-12)4-6-21-7-5-16(22)17(11-21)25-19(23)24-3;/h8-10,20,22H,4-7,11H2,1-3H3;1H. The Kier molecular flexibility index (Phi) is 6.56. The maximum atomic E-state index is 11.3. The summed E-state index contributed by atoms with van der Waals surface area (Å²) in [6.07, 6.45) is 2.63. The molecule has 0 spiro atoms. The smallest absolute Gasteiger partial charge is 0.509 e. The molecule has 0 fully saturated rings. The average molecular weight is 381 g/mol. The molecule has 1 aromatic heterocycles. The van der Waals surface area contributed by atoms with E-state index in [-0.39, 0.29) is 23.9 Å². The number of hydrogen-bond donors (Lipinski definition) is 2. The van der Waals surface area contributed by atoms with Gasteiger partial charge >= 0.3 is 6.16 Å². The van der Waals surface area contributed by atoms with Crippen molar-refractivity contribution in [2.45, 2.75) is 26.7 Å². The molecule has 0 bridgehead atoms. The number of aromatic nitrogens is 1. The van der Waals surface area contributed by atoms with E-state index in [0.717, 1.165) is 19.5 Å². The summed E-state index contributed by atoms with van der Waals surface area (Å²) in [5.74, 6) is 0.406. The van der Waals surface area contributed by atoms with Crippen LogP contribution in [0.5, 0.6) is 0 Å². The van der Waals surface area contributed by atoms with Crippen LogP contribution in [-0.4, -0.2) is 47.9 Å². The van der Waals surface area contributed by atoms with E-state index >= 15 is 0 Å². The second-order valence-electron chi connectivity index (χ2n) is 6.52. The van der Waals surface area contributed by atoms with Crippen molar-refractivity contribution >= 4 is 29.5 Å². The first-order valence-corrected chi connectivity index (χ1v) is 8.44. The van der Waals surface area contributed by atoms with Gasteiger partial charge < -0.3 is 19.6 Å². The van der Waals surface area contributed by atoms with Crippen molar-refractivity contribution in [1.29, 1.82) is 0 Å². The lowest BCUT2D eigenvalue weighted by molar-refractivity contribution is 0.0791. The van der Waals surface area contributed by atoms with E-state index in [1.807, 2.05) is 0 Å². The SMILES string of the molecule is COC(=O)OC1=C(O)CCN(CCc2c[nH]c3cc(C)cc(C)c23)C1.Cl. The minimum Gasteiger partial charge on any atom is -0.509 e. The predicted octanol–water partition coefficient (Wildman–Crippen LogP) is 4.01. The second kappa shape index (κ2) is 8.47. The van der Waals surface area contributed by atoms with Gasteiger partial charge in [0, 0.05) is 36.6 Å². The average Bonchev–Trinajstić information content (AvgIpc) is 2.98. The largest absolute Gasteiger partial charge is 0.513 e. The summed E-state index contributed by atoms with van der Waals surface area (Å²) in [4.78, 5) is 16.8. The van der Waals surface area contributed by atoms with Crippen molar-refractivity contribution in [3.8, 4) is 0 Å². The number of halogens is 1. The Morgan fingerprint density at radius 3 is 2.85 bits per heavy atom. The molecule has 0 radical (unpaired) electrons. The van der Waals surface area contributed by atoms with Crippen LogP contribution in [0.2, 0.25) is 0 Å². The molecule has 0 aliphatic carbocycles. The van der Waals surface area contributed by atoms with E-state index in [4.69, 9.17) is 4.74 Å². The molecule has 142 valence electrons. The molecule has 0 atom stereocenters. The molecule has 0 saturated heterocycles. The fourth-order valence-electron chi connectivity index (χ4n) is 3.42. The molecule has 1 aliphatic heterocycles. The molecule has 2 N–H and O–H groups in total. The van der Waals surface area contributed by atoms with Gasteiger partial charge in [-0.2, -0.15) is 0 Å². The topological polar surface area (TPSA) is 74.8 Å². The molecular formula is C19H25ClN2O4. The van der Waals surface area contributed by atoms with Crippen LogP contribution in [-0.2, 0) is 15.9 Å². The molecule has 2 heterocycles. The second-order valence-corrected chi connectivity index (χ2v) is 6.52. The minimum absolute atomic E-state index is 0. The van der Waals surface area contributed by atoms with Gasteiger partial charge in [-0.15, -0.1) is 12.4 Å². The number of ether oxygens (including phenoxy) is 2. The van der Waals surface area contributed by atoms with E-state index in [2.05, 4.69) is 46.8 Å². The molecule has 0 saturated carbocycles. The third kappa shape index (κ3) is 4.31. The van der Waals surface area contributed by atoms with E-state index in [1.54, 1.807) is 0 Å². The summed E-state index contributed by atoms with van der Waals surface area (Å²) in [6.45, 7) is 6.20. The van der Waals surface area contributed by atoms with Gasteiger partial charge in [0.2, 0.25) is 0 Å². The molecule has 0 amide bonds. The molecule has 1 aliphatic rings. The Hall–Kier alpha value is -2.18. The molecule has 0 unspecified atom stereocenters. The molecule has 3 rings (SSSR count). The third-order valence-electron chi connectivity index (χ3n) is 4.63. The number of hydrogen-bond acceptors (Lipinski definition) is 5. The number of aliphatic hydroxyl groups is 1. The number of carbonyl (C=O) groups excluding carboxylic acids is 1. The fraction of sp³-hybridized carbons (Fsp3) is 0.421. The van der Waals surface area contributed by atoms with E-state index in [9.17, 15) is 9.90 Å². The number of fused-ring (bicyclic) bond motifs is 1. The quantitative estimate of drug-likeness (QED) is 0.784. The van der Waals surface area contributed by atoms with E-state index in [1.165, 1.54) is 34.7 Å². The van der Waals surface area contributed by atoms with Crippen molar-refractivity contribution in [1.82, 2.24) is 9.88 Å². The van der Waals surface area contributed by atoms with Gasteiger partial charge in [-0.1, -0.05) is 6.07 Å². The Balaban J connectivity index is 0.00000243. The highest BCUT2D eigenvalue weighted by Crippen LogP contribution is 2.25. The lowest BCUT2D eigenvalue weighted by Crippen LogP contribution is -2.34. The van der Waals surface area contributed by atoms with Crippen LogP contribution in [0.1, 0.15) is 23.1 Å². The van der Waals surface area contributed by atoms with Gasteiger partial charge in [0.1, 0.15) is 5.76 Å². The molecule has 6 nitrogen and oxygen atoms in total. The van der Waals surface area contributed by atoms with Crippen molar-refractivity contribution in [2.24, 2.45) is 0 Å². The Bertz CT molecular complexity index is 828. The van der Waals surface area contributed by atoms with Crippen LogP contribution in [0.25, 0.3) is 10.9 Å². The maximum absolute atomic E-state index is 11.3. The number of aromatic amines is 1. The van der Waals surface area contributed by atoms with Crippen molar-refractivity contribution < 1.29 is 19.4 Å². The van der Waals surface area contributed by atoms with Crippen LogP contribution in [0.3, 0.4) is 0 Å². The number of methoxy groups -OCH3 is 1. The van der Waals surface area contributed by atoms with Crippen LogP contribution >= 0.6 is 12.4 Å².